The van der Waals surface area contributed by atoms with Gasteiger partial charge in [-0.15, -0.1) is 0 Å². The van der Waals surface area contributed by atoms with E-state index in [1.165, 1.54) is 32.2 Å². The summed E-state index contributed by atoms with van der Waals surface area (Å²) < 4.78 is 0. The molecule has 1 unspecified atom stereocenters. The van der Waals surface area contributed by atoms with Crippen LogP contribution in [0.15, 0.2) is 0 Å². The Morgan fingerprint density at radius 3 is 2.00 bits per heavy atom. The van der Waals surface area contributed by atoms with Crippen molar-refractivity contribution in [3.63, 3.8) is 0 Å². The van der Waals surface area contributed by atoms with Gasteiger partial charge in [0.1, 0.15) is 0 Å². The third-order valence-electron chi connectivity index (χ3n) is 2.53. The van der Waals surface area contributed by atoms with Crippen molar-refractivity contribution in [2.75, 3.05) is 6.54 Å². The van der Waals surface area contributed by atoms with E-state index in [4.69, 9.17) is 0 Å². The van der Waals surface area contributed by atoms with E-state index in [1.807, 2.05) is 0 Å². The van der Waals surface area contributed by atoms with Crippen LogP contribution < -0.4 is 5.32 Å². The van der Waals surface area contributed by atoms with Gasteiger partial charge in [-0.05, 0) is 38.1 Å². The second-order valence-corrected chi connectivity index (χ2v) is 5.37. The summed E-state index contributed by atoms with van der Waals surface area (Å²) in [7, 11) is 0. The SMILES string of the molecule is CC(C)CCCCNC(C)CC(C)C. The molecule has 0 heterocycles. The van der Waals surface area contributed by atoms with Crippen molar-refractivity contribution in [2.45, 2.75) is 66.3 Å². The Hall–Kier alpha value is -0.0400. The molecule has 0 aromatic heterocycles. The van der Waals surface area contributed by atoms with Gasteiger partial charge in [0, 0.05) is 6.04 Å². The van der Waals surface area contributed by atoms with Gasteiger partial charge in [0.15, 0.2) is 0 Å². The number of hydrogen-bond acceptors (Lipinski definition) is 1. The van der Waals surface area contributed by atoms with Crippen LogP contribution in [-0.4, -0.2) is 12.6 Å². The van der Waals surface area contributed by atoms with Crippen molar-refractivity contribution in [2.24, 2.45) is 11.8 Å². The first-order valence-corrected chi connectivity index (χ1v) is 6.25. The average Bonchev–Trinajstić information content (AvgIpc) is 2.01. The van der Waals surface area contributed by atoms with Gasteiger partial charge in [-0.1, -0.05) is 40.5 Å². The van der Waals surface area contributed by atoms with Gasteiger partial charge >= 0.3 is 0 Å². The van der Waals surface area contributed by atoms with Gasteiger partial charge < -0.3 is 5.32 Å². The predicted octanol–water partition coefficient (Wildman–Crippen LogP) is 3.84. The highest BCUT2D eigenvalue weighted by atomic mass is 14.9. The summed E-state index contributed by atoms with van der Waals surface area (Å²) in [5.74, 6) is 1.68. The molecule has 0 fully saturated rings. The Kier molecular flexibility index (Phi) is 8.26. The first-order valence-electron chi connectivity index (χ1n) is 6.25. The lowest BCUT2D eigenvalue weighted by Gasteiger charge is -2.15. The molecule has 0 bridgehead atoms. The molecule has 0 aliphatic carbocycles. The quantitative estimate of drug-likeness (QED) is 0.586. The van der Waals surface area contributed by atoms with Gasteiger partial charge in [-0.3, -0.25) is 0 Å². The smallest absolute Gasteiger partial charge is 0.00411 e. The van der Waals surface area contributed by atoms with Crippen LogP contribution in [0.25, 0.3) is 0 Å². The minimum absolute atomic E-state index is 0.689. The molecule has 0 radical (unpaired) electrons. The minimum atomic E-state index is 0.689. The van der Waals surface area contributed by atoms with Crippen LogP contribution in [-0.2, 0) is 0 Å². The van der Waals surface area contributed by atoms with E-state index in [1.54, 1.807) is 0 Å². The lowest BCUT2D eigenvalue weighted by Crippen LogP contribution is -2.28. The largest absolute Gasteiger partial charge is 0.314 e. The molecule has 86 valence electrons. The summed E-state index contributed by atoms with van der Waals surface area (Å²) in [6.45, 7) is 12.7. The molecule has 0 aromatic carbocycles. The maximum Gasteiger partial charge on any atom is 0.00411 e. The zero-order chi connectivity index (χ0) is 11.0. The van der Waals surface area contributed by atoms with Gasteiger partial charge in [0.05, 0.1) is 0 Å². The van der Waals surface area contributed by atoms with Gasteiger partial charge in [-0.2, -0.15) is 0 Å². The second-order valence-electron chi connectivity index (χ2n) is 5.37. The Labute approximate surface area is 90.7 Å². The molecule has 0 rings (SSSR count). The van der Waals surface area contributed by atoms with Gasteiger partial charge in [0.2, 0.25) is 0 Å². The highest BCUT2D eigenvalue weighted by Crippen LogP contribution is 2.06. The topological polar surface area (TPSA) is 12.0 Å². The van der Waals surface area contributed by atoms with Crippen LogP contribution in [0.3, 0.4) is 0 Å². The van der Waals surface area contributed by atoms with Crippen LogP contribution in [0.5, 0.6) is 0 Å². The number of rotatable bonds is 8. The number of hydrogen-bond donors (Lipinski definition) is 1. The fraction of sp³-hybridized carbons (Fsp3) is 1.00. The highest BCUT2D eigenvalue weighted by molar-refractivity contribution is 4.62. The van der Waals surface area contributed by atoms with Crippen molar-refractivity contribution in [1.29, 1.82) is 0 Å². The van der Waals surface area contributed by atoms with E-state index >= 15 is 0 Å². The monoisotopic (exact) mass is 199 g/mol. The van der Waals surface area contributed by atoms with Crippen LogP contribution in [0, 0.1) is 11.8 Å². The van der Waals surface area contributed by atoms with E-state index in [9.17, 15) is 0 Å². The molecule has 0 spiro atoms. The summed E-state index contributed by atoms with van der Waals surface area (Å²) in [6, 6.07) is 0.689. The summed E-state index contributed by atoms with van der Waals surface area (Å²) in [5, 5.41) is 3.59. The molecule has 0 aromatic rings. The highest BCUT2D eigenvalue weighted by Gasteiger charge is 2.03. The zero-order valence-electron chi connectivity index (χ0n) is 10.8. The van der Waals surface area contributed by atoms with Gasteiger partial charge in [-0.25, -0.2) is 0 Å². The average molecular weight is 199 g/mol. The van der Waals surface area contributed by atoms with E-state index < -0.39 is 0 Å². The molecule has 14 heavy (non-hydrogen) atoms. The molecule has 1 heteroatoms. The molecular weight excluding hydrogens is 170 g/mol. The molecule has 1 atom stereocenters. The van der Waals surface area contributed by atoms with Crippen molar-refractivity contribution in [3.8, 4) is 0 Å². The predicted molar refractivity (Wildman–Crippen MR) is 65.6 cm³/mol. The van der Waals surface area contributed by atoms with Crippen molar-refractivity contribution in [3.05, 3.63) is 0 Å². The standard InChI is InChI=1S/C13H29N/c1-11(2)8-6-7-9-14-13(5)10-12(3)4/h11-14H,6-10H2,1-5H3. The molecule has 0 saturated heterocycles. The fourth-order valence-corrected chi connectivity index (χ4v) is 1.82. The maximum atomic E-state index is 3.59. The number of unbranched alkanes of at least 4 members (excludes halogenated alkanes) is 1. The Morgan fingerprint density at radius 1 is 0.857 bits per heavy atom. The maximum absolute atomic E-state index is 3.59. The lowest BCUT2D eigenvalue weighted by molar-refractivity contribution is 0.429. The first-order chi connectivity index (χ1) is 6.52. The molecule has 0 aliphatic rings. The van der Waals surface area contributed by atoms with Crippen LogP contribution in [0.4, 0.5) is 0 Å². The van der Waals surface area contributed by atoms with Crippen molar-refractivity contribution < 1.29 is 0 Å². The fourth-order valence-electron chi connectivity index (χ4n) is 1.82. The Morgan fingerprint density at radius 2 is 1.50 bits per heavy atom. The summed E-state index contributed by atoms with van der Waals surface area (Å²) >= 11 is 0. The zero-order valence-corrected chi connectivity index (χ0v) is 10.8. The van der Waals surface area contributed by atoms with Crippen molar-refractivity contribution in [1.82, 2.24) is 5.32 Å². The molecule has 0 amide bonds. The van der Waals surface area contributed by atoms with Crippen LogP contribution in [0.1, 0.15) is 60.3 Å². The van der Waals surface area contributed by atoms with Gasteiger partial charge in [0.25, 0.3) is 0 Å². The van der Waals surface area contributed by atoms with E-state index in [0.29, 0.717) is 6.04 Å². The molecule has 1 N–H and O–H groups in total. The Bertz CT molecular complexity index is 118. The molecular formula is C13H29N. The van der Waals surface area contributed by atoms with Crippen molar-refractivity contribution >= 4 is 0 Å². The van der Waals surface area contributed by atoms with E-state index in [0.717, 1.165) is 11.8 Å². The first kappa shape index (κ1) is 14.0. The second kappa shape index (κ2) is 8.28. The summed E-state index contributed by atoms with van der Waals surface area (Å²) in [5.41, 5.74) is 0. The molecule has 0 aliphatic heterocycles. The third kappa shape index (κ3) is 10.0. The molecule has 0 saturated carbocycles. The number of nitrogens with one attached hydrogen (secondary N) is 1. The van der Waals surface area contributed by atoms with E-state index in [-0.39, 0.29) is 0 Å². The molecule has 1 nitrogen and oxygen atoms in total. The summed E-state index contributed by atoms with van der Waals surface area (Å²) in [6.07, 6.45) is 5.38. The summed E-state index contributed by atoms with van der Waals surface area (Å²) in [4.78, 5) is 0. The normalized spacial score (nSPS) is 13.9. The van der Waals surface area contributed by atoms with Crippen LogP contribution in [0.2, 0.25) is 0 Å². The Balaban J connectivity index is 3.19. The third-order valence-corrected chi connectivity index (χ3v) is 2.53. The lowest BCUT2D eigenvalue weighted by atomic mass is 10.0. The van der Waals surface area contributed by atoms with Crippen LogP contribution >= 0.6 is 0 Å². The minimum Gasteiger partial charge on any atom is -0.314 e. The van der Waals surface area contributed by atoms with E-state index in [2.05, 4.69) is 39.9 Å².